The third-order valence-electron chi connectivity index (χ3n) is 2.70. The monoisotopic (exact) mass is 327 g/mol. The normalized spacial score (nSPS) is 15.3. The number of aryl methyl sites for hydroxylation is 1. The Morgan fingerprint density at radius 3 is 2.26 bits per heavy atom. The number of methoxy groups -OCH3 is 1. The van der Waals surface area contributed by atoms with E-state index in [2.05, 4.69) is 18.0 Å². The molecule has 23 heavy (non-hydrogen) atoms. The van der Waals surface area contributed by atoms with Crippen LogP contribution < -0.4 is 21.1 Å². The van der Waals surface area contributed by atoms with Crippen LogP contribution in [-0.2, 0) is 4.79 Å². The Morgan fingerprint density at radius 1 is 1.39 bits per heavy atom. The molecule has 2 amide bonds. The van der Waals surface area contributed by atoms with Gasteiger partial charge >= 0.3 is 6.09 Å². The van der Waals surface area contributed by atoms with Gasteiger partial charge in [-0.1, -0.05) is 17.7 Å². The molecular formula is C15H25N3O5. The van der Waals surface area contributed by atoms with E-state index in [1.54, 1.807) is 12.4 Å². The number of β-amino-alcohol motifs (C(OH)–C–C–N with tert-alkyl or cyclic N) is 1. The number of aliphatic hydroxyl groups excluding tert-OH is 1. The smallest absolute Gasteiger partial charge is 0.405 e. The predicted octanol–water partition coefficient (Wildman–Crippen LogP) is 0.0835. The summed E-state index contributed by atoms with van der Waals surface area (Å²) in [6.07, 6.45) is -0.381. The number of carbonyl (C=O) groups is 2. The van der Waals surface area contributed by atoms with E-state index in [-0.39, 0.29) is 12.6 Å². The van der Waals surface area contributed by atoms with Crippen LogP contribution in [0.1, 0.15) is 12.0 Å². The molecule has 1 saturated heterocycles. The minimum absolute atomic E-state index is 0.0648. The van der Waals surface area contributed by atoms with Gasteiger partial charge in [-0.25, -0.2) is 4.79 Å². The van der Waals surface area contributed by atoms with Crippen LogP contribution in [0, 0.1) is 6.92 Å². The van der Waals surface area contributed by atoms with Gasteiger partial charge in [0.1, 0.15) is 5.75 Å². The fraction of sp³-hybridized carbons (Fsp3) is 0.467. The second-order valence-electron chi connectivity index (χ2n) is 4.79. The molecule has 0 bridgehead atoms. The molecular weight excluding hydrogens is 302 g/mol. The molecule has 0 spiro atoms. The van der Waals surface area contributed by atoms with Gasteiger partial charge in [0, 0.05) is 6.54 Å². The highest BCUT2D eigenvalue weighted by Crippen LogP contribution is 2.09. The van der Waals surface area contributed by atoms with Crippen LogP contribution in [0.3, 0.4) is 0 Å². The first kappa shape index (κ1) is 20.7. The minimum atomic E-state index is -1.25. The molecule has 1 aromatic rings. The highest BCUT2D eigenvalue weighted by molar-refractivity contribution is 5.79. The average molecular weight is 327 g/mol. The fourth-order valence-corrected chi connectivity index (χ4v) is 1.48. The SMILES string of the molecule is COc1ccc(C)cc1.NC(=O)CNC(=O)O.OC1CCNC1. The van der Waals surface area contributed by atoms with Crippen molar-refractivity contribution in [3.63, 3.8) is 0 Å². The molecule has 6 N–H and O–H groups in total. The minimum Gasteiger partial charge on any atom is -0.497 e. The van der Waals surface area contributed by atoms with Crippen molar-refractivity contribution in [2.75, 3.05) is 26.7 Å². The van der Waals surface area contributed by atoms with Gasteiger partial charge in [-0.3, -0.25) is 4.79 Å². The Labute approximate surface area is 135 Å². The lowest BCUT2D eigenvalue weighted by atomic mass is 10.2. The van der Waals surface area contributed by atoms with Crippen LogP contribution >= 0.6 is 0 Å². The van der Waals surface area contributed by atoms with E-state index in [4.69, 9.17) is 14.9 Å². The van der Waals surface area contributed by atoms with E-state index in [0.29, 0.717) is 0 Å². The number of carbonyl (C=O) groups excluding carboxylic acids is 1. The second-order valence-corrected chi connectivity index (χ2v) is 4.79. The van der Waals surface area contributed by atoms with Crippen LogP contribution in [-0.4, -0.2) is 55.1 Å². The lowest BCUT2D eigenvalue weighted by Gasteiger charge is -1.97. The fourth-order valence-electron chi connectivity index (χ4n) is 1.48. The molecule has 1 aliphatic heterocycles. The van der Waals surface area contributed by atoms with E-state index in [1.165, 1.54) is 5.56 Å². The first-order valence-corrected chi connectivity index (χ1v) is 7.09. The molecule has 0 saturated carbocycles. The standard InChI is InChI=1S/C8H10O.C4H9NO.C3H6N2O3/c1-7-3-5-8(9-2)6-4-7;6-4-1-2-5-3-4;4-2(6)1-5-3(7)8/h3-6H,1-2H3;4-6H,1-3H2;5H,1H2,(H2,4,6)(H,7,8). The molecule has 1 unspecified atom stereocenters. The van der Waals surface area contributed by atoms with Gasteiger partial charge in [0.25, 0.3) is 0 Å². The van der Waals surface area contributed by atoms with Crippen molar-refractivity contribution in [3.8, 4) is 5.75 Å². The number of nitrogens with one attached hydrogen (secondary N) is 2. The number of primary amides is 1. The number of benzene rings is 1. The Balaban J connectivity index is 0.000000322. The molecule has 1 aromatic carbocycles. The van der Waals surface area contributed by atoms with Crippen LogP contribution in [0.25, 0.3) is 0 Å². The zero-order valence-electron chi connectivity index (χ0n) is 13.4. The van der Waals surface area contributed by atoms with Crippen molar-refractivity contribution in [3.05, 3.63) is 29.8 Å². The number of hydrogen-bond donors (Lipinski definition) is 5. The summed E-state index contributed by atoms with van der Waals surface area (Å²) in [7, 11) is 1.67. The number of hydrogen-bond acceptors (Lipinski definition) is 5. The Morgan fingerprint density at radius 2 is 2.00 bits per heavy atom. The molecule has 130 valence electrons. The average Bonchev–Trinajstić information content (AvgIpc) is 2.98. The van der Waals surface area contributed by atoms with Crippen LogP contribution in [0.5, 0.6) is 5.75 Å². The van der Waals surface area contributed by atoms with Gasteiger partial charge in [-0.15, -0.1) is 0 Å². The lowest BCUT2D eigenvalue weighted by Crippen LogP contribution is -2.31. The first-order valence-electron chi connectivity index (χ1n) is 7.09. The Bertz CT molecular complexity index is 445. The molecule has 1 fully saturated rings. The van der Waals surface area contributed by atoms with Gasteiger partial charge in [-0.05, 0) is 32.0 Å². The van der Waals surface area contributed by atoms with E-state index < -0.39 is 12.0 Å². The van der Waals surface area contributed by atoms with Crippen molar-refractivity contribution >= 4 is 12.0 Å². The van der Waals surface area contributed by atoms with Gasteiger partial charge in [0.15, 0.2) is 0 Å². The number of ether oxygens (including phenoxy) is 1. The first-order chi connectivity index (χ1) is 10.8. The maximum atomic E-state index is 9.80. The Kier molecular flexibility index (Phi) is 11.0. The molecule has 2 rings (SSSR count). The van der Waals surface area contributed by atoms with Crippen molar-refractivity contribution in [2.45, 2.75) is 19.4 Å². The quantitative estimate of drug-likeness (QED) is 0.534. The summed E-state index contributed by atoms with van der Waals surface area (Å²) in [4.78, 5) is 19.4. The van der Waals surface area contributed by atoms with Crippen molar-refractivity contribution in [1.29, 1.82) is 0 Å². The topological polar surface area (TPSA) is 134 Å². The largest absolute Gasteiger partial charge is 0.497 e. The zero-order chi connectivity index (χ0) is 17.7. The summed E-state index contributed by atoms with van der Waals surface area (Å²) >= 11 is 0. The highest BCUT2D eigenvalue weighted by atomic mass is 16.5. The molecule has 0 aromatic heterocycles. The van der Waals surface area contributed by atoms with Crippen molar-refractivity contribution in [1.82, 2.24) is 10.6 Å². The summed E-state index contributed by atoms with van der Waals surface area (Å²) in [6, 6.07) is 7.96. The number of carboxylic acid groups (broad SMARTS) is 1. The maximum absolute atomic E-state index is 9.80. The van der Waals surface area contributed by atoms with E-state index >= 15 is 0 Å². The number of aliphatic hydroxyl groups is 1. The third kappa shape index (κ3) is 13.1. The van der Waals surface area contributed by atoms with Crippen LogP contribution in [0.2, 0.25) is 0 Å². The van der Waals surface area contributed by atoms with Crippen LogP contribution in [0.15, 0.2) is 24.3 Å². The van der Waals surface area contributed by atoms with E-state index in [0.717, 1.165) is 25.3 Å². The van der Waals surface area contributed by atoms with E-state index in [9.17, 15) is 9.59 Å². The maximum Gasteiger partial charge on any atom is 0.405 e. The summed E-state index contributed by atoms with van der Waals surface area (Å²) in [5.41, 5.74) is 5.84. The lowest BCUT2D eigenvalue weighted by molar-refractivity contribution is -0.117. The molecule has 1 atom stereocenters. The second kappa shape index (κ2) is 12.2. The van der Waals surface area contributed by atoms with E-state index in [1.807, 2.05) is 24.3 Å². The van der Waals surface area contributed by atoms with Gasteiger partial charge in [-0.2, -0.15) is 0 Å². The van der Waals surface area contributed by atoms with Crippen molar-refractivity contribution < 1.29 is 24.5 Å². The van der Waals surface area contributed by atoms with Gasteiger partial charge in [0.05, 0.1) is 19.8 Å². The molecule has 1 heterocycles. The summed E-state index contributed by atoms with van der Waals surface area (Å²) in [5.74, 6) is 0.230. The number of rotatable bonds is 3. The molecule has 0 aliphatic carbocycles. The molecule has 1 aliphatic rings. The van der Waals surface area contributed by atoms with Gasteiger partial charge in [0.2, 0.25) is 5.91 Å². The predicted molar refractivity (Wildman–Crippen MR) is 86.4 cm³/mol. The van der Waals surface area contributed by atoms with Gasteiger partial charge < -0.3 is 31.3 Å². The highest BCUT2D eigenvalue weighted by Gasteiger charge is 2.08. The van der Waals surface area contributed by atoms with Crippen LogP contribution in [0.4, 0.5) is 4.79 Å². The summed E-state index contributed by atoms with van der Waals surface area (Å²) in [6.45, 7) is 3.51. The molecule has 8 heteroatoms. The number of amides is 2. The molecule has 0 radical (unpaired) electrons. The molecule has 8 nitrogen and oxygen atoms in total. The zero-order valence-corrected chi connectivity index (χ0v) is 13.4. The Hall–Kier alpha value is -2.32. The number of nitrogens with two attached hydrogens (primary N) is 1. The third-order valence-corrected chi connectivity index (χ3v) is 2.70. The summed E-state index contributed by atoms with van der Waals surface area (Å²) in [5, 5.41) is 21.3. The summed E-state index contributed by atoms with van der Waals surface area (Å²) < 4.78 is 4.97. The van der Waals surface area contributed by atoms with Crippen molar-refractivity contribution in [2.24, 2.45) is 5.73 Å².